The first-order chi connectivity index (χ1) is 15.3. The van der Waals surface area contributed by atoms with Crippen molar-refractivity contribution < 1.29 is 18.8 Å². The molecule has 0 radical (unpaired) electrons. The van der Waals surface area contributed by atoms with Crippen molar-refractivity contribution in [3.63, 3.8) is 0 Å². The summed E-state index contributed by atoms with van der Waals surface area (Å²) in [6.07, 6.45) is 2.25. The van der Waals surface area contributed by atoms with Crippen LogP contribution in [-0.4, -0.2) is 45.3 Å². The molecule has 4 rings (SSSR count). The summed E-state index contributed by atoms with van der Waals surface area (Å²) in [5.41, 5.74) is 4.20. The Morgan fingerprint density at radius 2 is 2.09 bits per heavy atom. The number of nitrogens with one attached hydrogen (secondary N) is 1. The molecule has 1 aliphatic rings. The van der Waals surface area contributed by atoms with Crippen LogP contribution in [0.5, 0.6) is 0 Å². The highest BCUT2D eigenvalue weighted by molar-refractivity contribution is 6.42. The summed E-state index contributed by atoms with van der Waals surface area (Å²) in [6.45, 7) is 6.06. The van der Waals surface area contributed by atoms with E-state index in [0.29, 0.717) is 45.5 Å². The van der Waals surface area contributed by atoms with E-state index in [1.165, 1.54) is 13.4 Å². The number of methoxy groups -OCH3 is 1. The molecule has 0 spiro atoms. The van der Waals surface area contributed by atoms with E-state index in [0.717, 1.165) is 11.3 Å². The maximum absolute atomic E-state index is 13.2. The molecule has 0 unspecified atom stereocenters. The first-order valence-corrected chi connectivity index (χ1v) is 10.6. The van der Waals surface area contributed by atoms with Gasteiger partial charge in [-0.25, -0.2) is 4.79 Å². The average molecular weight is 475 g/mol. The third-order valence-corrected chi connectivity index (χ3v) is 6.22. The molecule has 8 nitrogen and oxygen atoms in total. The SMILES string of the molecule is C=C(Cc1conc1-c1n[nH]c2c1CN(C(=O)c1ccc(Cl)c(Cl)c1)[C@H](C)C2)C(=O)OC. The Balaban J connectivity index is 1.64. The van der Waals surface area contributed by atoms with Gasteiger partial charge in [-0.05, 0) is 25.1 Å². The van der Waals surface area contributed by atoms with Crippen LogP contribution in [0.4, 0.5) is 0 Å². The fourth-order valence-electron chi connectivity index (χ4n) is 3.76. The number of benzene rings is 1. The van der Waals surface area contributed by atoms with E-state index < -0.39 is 5.97 Å². The molecule has 166 valence electrons. The number of halogens is 2. The van der Waals surface area contributed by atoms with Crippen LogP contribution in [0.2, 0.25) is 10.0 Å². The third kappa shape index (κ3) is 4.03. The normalized spacial score (nSPS) is 15.4. The van der Waals surface area contributed by atoms with Crippen LogP contribution >= 0.6 is 23.2 Å². The second-order valence-corrected chi connectivity index (χ2v) is 8.42. The minimum Gasteiger partial charge on any atom is -0.466 e. The quantitative estimate of drug-likeness (QED) is 0.438. The van der Waals surface area contributed by atoms with Gasteiger partial charge in [0.25, 0.3) is 5.91 Å². The summed E-state index contributed by atoms with van der Waals surface area (Å²) in [7, 11) is 1.30. The summed E-state index contributed by atoms with van der Waals surface area (Å²) in [4.78, 5) is 26.7. The number of nitrogens with zero attached hydrogens (tertiary/aromatic N) is 3. The van der Waals surface area contributed by atoms with Gasteiger partial charge >= 0.3 is 5.97 Å². The smallest absolute Gasteiger partial charge is 0.333 e. The van der Waals surface area contributed by atoms with Gasteiger partial charge in [0, 0.05) is 46.8 Å². The van der Waals surface area contributed by atoms with Gasteiger partial charge in [-0.2, -0.15) is 5.10 Å². The lowest BCUT2D eigenvalue weighted by molar-refractivity contribution is -0.136. The molecule has 2 aromatic heterocycles. The molecular weight excluding hydrogens is 455 g/mol. The van der Waals surface area contributed by atoms with Gasteiger partial charge in [-0.3, -0.25) is 9.89 Å². The van der Waals surface area contributed by atoms with Crippen LogP contribution in [0.25, 0.3) is 11.4 Å². The van der Waals surface area contributed by atoms with Gasteiger partial charge in [-0.1, -0.05) is 34.9 Å². The van der Waals surface area contributed by atoms with Crippen LogP contribution in [0, 0.1) is 0 Å². The van der Waals surface area contributed by atoms with Crippen LogP contribution in [0.3, 0.4) is 0 Å². The lowest BCUT2D eigenvalue weighted by Crippen LogP contribution is -2.42. The van der Waals surface area contributed by atoms with E-state index in [9.17, 15) is 9.59 Å². The second-order valence-electron chi connectivity index (χ2n) is 7.60. The third-order valence-electron chi connectivity index (χ3n) is 5.49. The van der Waals surface area contributed by atoms with Gasteiger partial charge < -0.3 is 14.2 Å². The van der Waals surface area contributed by atoms with Crippen molar-refractivity contribution in [3.8, 4) is 11.4 Å². The summed E-state index contributed by atoms with van der Waals surface area (Å²) in [5.74, 6) is -0.665. The number of rotatable bonds is 5. The topological polar surface area (TPSA) is 101 Å². The Hall–Kier alpha value is -3.10. The van der Waals surface area contributed by atoms with Gasteiger partial charge in [0.15, 0.2) is 0 Å². The number of carbonyl (C=O) groups is 2. The Labute approximate surface area is 194 Å². The monoisotopic (exact) mass is 474 g/mol. The highest BCUT2D eigenvalue weighted by Gasteiger charge is 2.32. The maximum Gasteiger partial charge on any atom is 0.333 e. The van der Waals surface area contributed by atoms with E-state index in [1.807, 2.05) is 6.92 Å². The molecule has 32 heavy (non-hydrogen) atoms. The van der Waals surface area contributed by atoms with Gasteiger partial charge in [-0.15, -0.1) is 0 Å². The van der Waals surface area contributed by atoms with Crippen LogP contribution < -0.4 is 0 Å². The highest BCUT2D eigenvalue weighted by atomic mass is 35.5. The van der Waals surface area contributed by atoms with Crippen molar-refractivity contribution in [2.45, 2.75) is 32.4 Å². The zero-order valence-corrected chi connectivity index (χ0v) is 19.0. The minimum atomic E-state index is -0.506. The number of esters is 1. The Morgan fingerprint density at radius 1 is 1.31 bits per heavy atom. The lowest BCUT2D eigenvalue weighted by Gasteiger charge is -2.33. The van der Waals surface area contributed by atoms with Crippen LogP contribution in [0.1, 0.15) is 34.1 Å². The summed E-state index contributed by atoms with van der Waals surface area (Å²) in [5, 5.41) is 12.3. The standard InChI is InChI=1S/C22H20Cl2N4O4/c1-11(22(30)31-3)6-14-10-32-27-19(14)20-15-9-28(12(2)7-18(15)25-26-20)21(29)13-4-5-16(23)17(24)8-13/h4-5,8,10,12H,1,6-7,9H2,2-3H3,(H,25,26)/t12-/m1/s1. The van der Waals surface area contributed by atoms with Crippen molar-refractivity contribution in [1.82, 2.24) is 20.3 Å². The second kappa shape index (κ2) is 8.80. The predicted octanol–water partition coefficient (Wildman–Crippen LogP) is 4.23. The van der Waals surface area contributed by atoms with Crippen molar-refractivity contribution in [2.24, 2.45) is 0 Å². The molecule has 1 amide bonds. The van der Waals surface area contributed by atoms with Crippen molar-refractivity contribution in [3.05, 3.63) is 69.0 Å². The summed E-state index contributed by atoms with van der Waals surface area (Å²) in [6, 6.07) is 4.77. The molecule has 1 aromatic carbocycles. The molecule has 10 heteroatoms. The van der Waals surface area contributed by atoms with E-state index in [1.54, 1.807) is 23.1 Å². The molecule has 3 aromatic rings. The van der Waals surface area contributed by atoms with E-state index >= 15 is 0 Å². The Kier molecular flexibility index (Phi) is 6.08. The number of aromatic amines is 1. The van der Waals surface area contributed by atoms with Crippen molar-refractivity contribution in [1.29, 1.82) is 0 Å². The summed E-state index contributed by atoms with van der Waals surface area (Å²) >= 11 is 12.1. The number of H-pyrrole nitrogens is 1. The van der Waals surface area contributed by atoms with Crippen LogP contribution in [-0.2, 0) is 28.9 Å². The maximum atomic E-state index is 13.2. The highest BCUT2D eigenvalue weighted by Crippen LogP contribution is 2.33. The molecule has 0 saturated heterocycles. The number of carbonyl (C=O) groups excluding carboxylic acids is 2. The van der Waals surface area contributed by atoms with Gasteiger partial charge in [0.05, 0.1) is 23.7 Å². The molecule has 0 fully saturated rings. The Bertz CT molecular complexity index is 1220. The zero-order chi connectivity index (χ0) is 23.0. The lowest BCUT2D eigenvalue weighted by atomic mass is 9.96. The number of fused-ring (bicyclic) bond motifs is 1. The Morgan fingerprint density at radius 3 is 2.81 bits per heavy atom. The van der Waals surface area contributed by atoms with Gasteiger partial charge in [0.1, 0.15) is 17.7 Å². The fourth-order valence-corrected chi connectivity index (χ4v) is 4.06. The molecule has 1 aliphatic heterocycles. The number of hydrogen-bond donors (Lipinski definition) is 1. The number of hydrogen-bond acceptors (Lipinski definition) is 6. The molecule has 1 atom stereocenters. The number of ether oxygens (including phenoxy) is 1. The minimum absolute atomic E-state index is 0.0614. The number of aromatic nitrogens is 3. The molecule has 1 N–H and O–H groups in total. The molecule has 0 bridgehead atoms. The molecule has 0 aliphatic carbocycles. The van der Waals surface area contributed by atoms with E-state index in [2.05, 4.69) is 21.9 Å². The zero-order valence-electron chi connectivity index (χ0n) is 17.4. The molecular formula is C22H20Cl2N4O4. The first kappa shape index (κ1) is 22.1. The van der Waals surface area contributed by atoms with Crippen LogP contribution in [0.15, 0.2) is 41.1 Å². The van der Waals surface area contributed by atoms with Gasteiger partial charge in [0.2, 0.25) is 0 Å². The summed E-state index contributed by atoms with van der Waals surface area (Å²) < 4.78 is 9.88. The molecule has 0 saturated carbocycles. The average Bonchev–Trinajstić information content (AvgIpc) is 3.39. The molecule has 3 heterocycles. The van der Waals surface area contributed by atoms with E-state index in [4.69, 9.17) is 32.5 Å². The largest absolute Gasteiger partial charge is 0.466 e. The van der Waals surface area contributed by atoms with E-state index in [-0.39, 0.29) is 23.9 Å². The fraction of sp³-hybridized carbons (Fsp3) is 0.273. The van der Waals surface area contributed by atoms with Crippen molar-refractivity contribution in [2.75, 3.05) is 7.11 Å². The predicted molar refractivity (Wildman–Crippen MR) is 118 cm³/mol. The number of amides is 1. The first-order valence-electron chi connectivity index (χ1n) is 9.82. The van der Waals surface area contributed by atoms with Crippen molar-refractivity contribution >= 4 is 35.1 Å².